The Hall–Kier alpha value is -1.77. The van der Waals surface area contributed by atoms with Gasteiger partial charge in [0.25, 0.3) is 0 Å². The van der Waals surface area contributed by atoms with Crippen molar-refractivity contribution in [2.24, 2.45) is 0 Å². The highest BCUT2D eigenvalue weighted by molar-refractivity contribution is 5.86. The van der Waals surface area contributed by atoms with Gasteiger partial charge in [-0.1, -0.05) is 38.6 Å². The van der Waals surface area contributed by atoms with Gasteiger partial charge in [-0.25, -0.2) is 4.79 Å². The molecule has 3 heteroatoms. The Morgan fingerprint density at radius 2 is 2.06 bits per heavy atom. The molecular weight excluding hydrogens is 202 g/mol. The molecule has 0 radical (unpaired) electrons. The molecule has 1 aromatic carbocycles. The summed E-state index contributed by atoms with van der Waals surface area (Å²) in [5.41, 5.74) is 2.32. The summed E-state index contributed by atoms with van der Waals surface area (Å²) in [6.07, 6.45) is 0. The molecule has 0 aromatic heterocycles. The quantitative estimate of drug-likeness (QED) is 0.749. The van der Waals surface area contributed by atoms with E-state index in [1.165, 1.54) is 5.56 Å². The Morgan fingerprint density at radius 3 is 2.62 bits per heavy atom. The number of aliphatic carboxylic acids is 1. The van der Waals surface area contributed by atoms with E-state index in [2.05, 4.69) is 25.7 Å². The number of hydrogen-bond donors (Lipinski definition) is 2. The lowest BCUT2D eigenvalue weighted by molar-refractivity contribution is -0.132. The number of rotatable bonds is 5. The van der Waals surface area contributed by atoms with E-state index in [1.54, 1.807) is 0 Å². The van der Waals surface area contributed by atoms with Crippen LogP contribution in [0.3, 0.4) is 0 Å². The van der Waals surface area contributed by atoms with E-state index in [9.17, 15) is 4.79 Å². The fraction of sp³-hybridized carbons (Fsp3) is 0.308. The van der Waals surface area contributed by atoms with Gasteiger partial charge in [0.1, 0.15) is 0 Å². The van der Waals surface area contributed by atoms with Crippen LogP contribution in [0.5, 0.6) is 0 Å². The van der Waals surface area contributed by atoms with Crippen molar-refractivity contribution in [2.45, 2.75) is 19.8 Å². The average Bonchev–Trinajstić information content (AvgIpc) is 2.25. The van der Waals surface area contributed by atoms with E-state index >= 15 is 0 Å². The zero-order valence-corrected chi connectivity index (χ0v) is 9.66. The maximum atomic E-state index is 10.6. The largest absolute Gasteiger partial charge is 0.478 e. The van der Waals surface area contributed by atoms with Gasteiger partial charge in [-0.15, -0.1) is 0 Å². The van der Waals surface area contributed by atoms with Crippen LogP contribution in [0.15, 0.2) is 36.4 Å². The predicted octanol–water partition coefficient (Wildman–Crippen LogP) is 2.86. The number of carboxylic acids is 1. The number of benzene rings is 1. The maximum Gasteiger partial charge on any atom is 0.332 e. The fourth-order valence-electron chi connectivity index (χ4n) is 1.44. The standard InChI is InChI=1S/C13H17NO2/c1-9(2)11-6-4-5-7-12(11)14-8-10(3)13(15)16/h4-7,9,14H,3,8H2,1-2H3,(H,15,16). The zero-order valence-electron chi connectivity index (χ0n) is 9.66. The minimum atomic E-state index is -0.963. The van der Waals surface area contributed by atoms with Gasteiger partial charge in [-0.3, -0.25) is 0 Å². The number of carbonyl (C=O) groups is 1. The molecule has 0 aliphatic heterocycles. The van der Waals surface area contributed by atoms with E-state index in [4.69, 9.17) is 5.11 Å². The third-order valence-corrected chi connectivity index (χ3v) is 2.38. The highest BCUT2D eigenvalue weighted by atomic mass is 16.4. The molecule has 0 spiro atoms. The fourth-order valence-corrected chi connectivity index (χ4v) is 1.44. The molecule has 86 valence electrons. The molecule has 0 aliphatic rings. The van der Waals surface area contributed by atoms with Crippen molar-refractivity contribution in [3.05, 3.63) is 42.0 Å². The molecule has 1 aromatic rings. The van der Waals surface area contributed by atoms with Crippen molar-refractivity contribution < 1.29 is 9.90 Å². The van der Waals surface area contributed by atoms with Crippen LogP contribution in [0.4, 0.5) is 5.69 Å². The van der Waals surface area contributed by atoms with Gasteiger partial charge in [0.15, 0.2) is 0 Å². The Morgan fingerprint density at radius 1 is 1.44 bits per heavy atom. The number of carboxylic acid groups (broad SMARTS) is 1. The van der Waals surface area contributed by atoms with Crippen molar-refractivity contribution in [3.8, 4) is 0 Å². The zero-order chi connectivity index (χ0) is 12.1. The SMILES string of the molecule is C=C(CNc1ccccc1C(C)C)C(=O)O. The van der Waals surface area contributed by atoms with Crippen LogP contribution in [-0.2, 0) is 4.79 Å². The van der Waals surface area contributed by atoms with Crippen LogP contribution in [0.25, 0.3) is 0 Å². The lowest BCUT2D eigenvalue weighted by atomic mass is 10.0. The van der Waals surface area contributed by atoms with Gasteiger partial charge in [-0.2, -0.15) is 0 Å². The van der Waals surface area contributed by atoms with Crippen molar-refractivity contribution in [1.29, 1.82) is 0 Å². The lowest BCUT2D eigenvalue weighted by Crippen LogP contribution is -2.12. The van der Waals surface area contributed by atoms with Crippen LogP contribution in [-0.4, -0.2) is 17.6 Å². The van der Waals surface area contributed by atoms with Crippen LogP contribution < -0.4 is 5.32 Å². The molecule has 0 aliphatic carbocycles. The summed E-state index contributed by atoms with van der Waals surface area (Å²) in [5, 5.41) is 11.8. The van der Waals surface area contributed by atoms with Crippen LogP contribution in [0.1, 0.15) is 25.3 Å². The second-order valence-electron chi connectivity index (χ2n) is 4.00. The molecule has 0 unspecified atom stereocenters. The first kappa shape index (κ1) is 12.3. The van der Waals surface area contributed by atoms with Gasteiger partial charge < -0.3 is 10.4 Å². The lowest BCUT2D eigenvalue weighted by Gasteiger charge is -2.14. The van der Waals surface area contributed by atoms with Crippen molar-refractivity contribution >= 4 is 11.7 Å². The topological polar surface area (TPSA) is 49.3 Å². The summed E-state index contributed by atoms with van der Waals surface area (Å²) in [6.45, 7) is 7.95. The summed E-state index contributed by atoms with van der Waals surface area (Å²) < 4.78 is 0. The van der Waals surface area contributed by atoms with E-state index in [1.807, 2.05) is 24.3 Å². The minimum absolute atomic E-state index is 0.165. The molecule has 0 saturated heterocycles. The molecular formula is C13H17NO2. The third kappa shape index (κ3) is 3.12. The second kappa shape index (κ2) is 5.35. The summed E-state index contributed by atoms with van der Waals surface area (Å²) in [5.74, 6) is -0.559. The highest BCUT2D eigenvalue weighted by Crippen LogP contribution is 2.23. The summed E-state index contributed by atoms with van der Waals surface area (Å²) in [6, 6.07) is 7.89. The number of anilines is 1. The summed E-state index contributed by atoms with van der Waals surface area (Å²) in [4.78, 5) is 10.6. The van der Waals surface area contributed by atoms with Crippen molar-refractivity contribution in [2.75, 3.05) is 11.9 Å². The monoisotopic (exact) mass is 219 g/mol. The van der Waals surface area contributed by atoms with Gasteiger partial charge in [-0.05, 0) is 17.5 Å². The molecule has 0 atom stereocenters. The van der Waals surface area contributed by atoms with Gasteiger partial charge in [0.2, 0.25) is 0 Å². The molecule has 16 heavy (non-hydrogen) atoms. The van der Waals surface area contributed by atoms with Crippen LogP contribution in [0, 0.1) is 0 Å². The van der Waals surface area contributed by atoms with Gasteiger partial charge in [0.05, 0.1) is 0 Å². The number of para-hydroxylation sites is 1. The van der Waals surface area contributed by atoms with Crippen LogP contribution >= 0.6 is 0 Å². The normalized spacial score (nSPS) is 10.2. The Labute approximate surface area is 95.8 Å². The Kier molecular flexibility index (Phi) is 4.11. The van der Waals surface area contributed by atoms with E-state index < -0.39 is 5.97 Å². The van der Waals surface area contributed by atoms with Gasteiger partial charge in [0, 0.05) is 17.8 Å². The molecule has 1 rings (SSSR count). The second-order valence-corrected chi connectivity index (χ2v) is 4.00. The molecule has 2 N–H and O–H groups in total. The third-order valence-electron chi connectivity index (χ3n) is 2.38. The Balaban J connectivity index is 2.74. The number of hydrogen-bond acceptors (Lipinski definition) is 2. The van der Waals surface area contributed by atoms with E-state index in [0.717, 1.165) is 5.69 Å². The van der Waals surface area contributed by atoms with E-state index in [0.29, 0.717) is 5.92 Å². The molecule has 0 heterocycles. The van der Waals surface area contributed by atoms with Crippen molar-refractivity contribution in [3.63, 3.8) is 0 Å². The smallest absolute Gasteiger partial charge is 0.332 e. The molecule has 0 amide bonds. The summed E-state index contributed by atoms with van der Waals surface area (Å²) >= 11 is 0. The number of nitrogens with one attached hydrogen (secondary N) is 1. The van der Waals surface area contributed by atoms with Crippen molar-refractivity contribution in [1.82, 2.24) is 0 Å². The molecule has 0 saturated carbocycles. The van der Waals surface area contributed by atoms with Gasteiger partial charge >= 0.3 is 5.97 Å². The van der Waals surface area contributed by atoms with Crippen LogP contribution in [0.2, 0.25) is 0 Å². The average molecular weight is 219 g/mol. The molecule has 0 fully saturated rings. The maximum absolute atomic E-state index is 10.6. The first-order chi connectivity index (χ1) is 7.52. The van der Waals surface area contributed by atoms with E-state index in [-0.39, 0.29) is 12.1 Å². The molecule has 0 bridgehead atoms. The Bertz CT molecular complexity index is 397. The predicted molar refractivity (Wildman–Crippen MR) is 65.8 cm³/mol. The highest BCUT2D eigenvalue weighted by Gasteiger charge is 2.07. The summed E-state index contributed by atoms with van der Waals surface area (Å²) in [7, 11) is 0. The first-order valence-corrected chi connectivity index (χ1v) is 5.26. The minimum Gasteiger partial charge on any atom is -0.478 e. The molecule has 3 nitrogen and oxygen atoms in total. The first-order valence-electron chi connectivity index (χ1n) is 5.26.